The van der Waals surface area contributed by atoms with Crippen molar-refractivity contribution < 1.29 is 9.90 Å². The SMILES string of the molecule is Cc1cc(C)nc(SCc2cc(C(=O)O)sc2C)n1. The van der Waals surface area contributed by atoms with E-state index in [0.29, 0.717) is 10.6 Å². The number of carbonyl (C=O) groups is 1. The average Bonchev–Trinajstić information content (AvgIpc) is 2.67. The molecule has 0 spiro atoms. The van der Waals surface area contributed by atoms with Gasteiger partial charge in [0.2, 0.25) is 0 Å². The van der Waals surface area contributed by atoms with Gasteiger partial charge in [0.1, 0.15) is 4.88 Å². The molecular weight excluding hydrogens is 280 g/mol. The van der Waals surface area contributed by atoms with E-state index in [9.17, 15) is 4.79 Å². The summed E-state index contributed by atoms with van der Waals surface area (Å²) in [6.45, 7) is 5.82. The summed E-state index contributed by atoms with van der Waals surface area (Å²) >= 11 is 2.84. The van der Waals surface area contributed by atoms with E-state index in [0.717, 1.165) is 27.0 Å². The number of thioether (sulfide) groups is 1. The monoisotopic (exact) mass is 294 g/mol. The summed E-state index contributed by atoms with van der Waals surface area (Å²) in [5, 5.41) is 9.70. The van der Waals surface area contributed by atoms with Crippen LogP contribution in [0.2, 0.25) is 0 Å². The second kappa shape index (κ2) is 5.71. The number of hydrogen-bond acceptors (Lipinski definition) is 5. The highest BCUT2D eigenvalue weighted by molar-refractivity contribution is 7.98. The first-order valence-corrected chi connectivity index (χ1v) is 7.53. The third kappa shape index (κ3) is 3.54. The number of carboxylic acid groups (broad SMARTS) is 1. The summed E-state index contributed by atoms with van der Waals surface area (Å²) in [5.74, 6) is -0.176. The zero-order valence-electron chi connectivity index (χ0n) is 10.9. The van der Waals surface area contributed by atoms with Gasteiger partial charge in [-0.15, -0.1) is 11.3 Å². The van der Waals surface area contributed by atoms with Crippen LogP contribution >= 0.6 is 23.1 Å². The van der Waals surface area contributed by atoms with Gasteiger partial charge in [-0.05, 0) is 38.5 Å². The lowest BCUT2D eigenvalue weighted by atomic mass is 10.3. The second-order valence-electron chi connectivity index (χ2n) is 4.22. The van der Waals surface area contributed by atoms with E-state index >= 15 is 0 Å². The first-order valence-electron chi connectivity index (χ1n) is 5.73. The summed E-state index contributed by atoms with van der Waals surface area (Å²) in [7, 11) is 0. The maximum absolute atomic E-state index is 10.9. The summed E-state index contributed by atoms with van der Waals surface area (Å²) in [6.07, 6.45) is 0. The topological polar surface area (TPSA) is 63.1 Å². The molecule has 19 heavy (non-hydrogen) atoms. The van der Waals surface area contributed by atoms with Crippen molar-refractivity contribution in [3.8, 4) is 0 Å². The van der Waals surface area contributed by atoms with Crippen LogP contribution in [0.15, 0.2) is 17.3 Å². The molecule has 2 aromatic rings. The van der Waals surface area contributed by atoms with Gasteiger partial charge < -0.3 is 5.11 Å². The second-order valence-corrected chi connectivity index (χ2v) is 6.42. The highest BCUT2D eigenvalue weighted by Crippen LogP contribution is 2.27. The van der Waals surface area contributed by atoms with Gasteiger partial charge >= 0.3 is 5.97 Å². The molecule has 0 atom stereocenters. The van der Waals surface area contributed by atoms with Crippen LogP contribution in [0.1, 0.15) is 31.5 Å². The third-order valence-electron chi connectivity index (χ3n) is 2.55. The Bertz CT molecular complexity index is 603. The van der Waals surface area contributed by atoms with Crippen LogP contribution in [-0.2, 0) is 5.75 Å². The Kier molecular flexibility index (Phi) is 4.21. The molecule has 2 rings (SSSR count). The molecule has 1 N–H and O–H groups in total. The first-order chi connectivity index (χ1) is 8.95. The van der Waals surface area contributed by atoms with Crippen LogP contribution in [0.25, 0.3) is 0 Å². The van der Waals surface area contributed by atoms with Crippen LogP contribution in [0.4, 0.5) is 0 Å². The fraction of sp³-hybridized carbons (Fsp3) is 0.308. The molecule has 0 bridgehead atoms. The maximum atomic E-state index is 10.9. The van der Waals surface area contributed by atoms with E-state index in [2.05, 4.69) is 9.97 Å². The van der Waals surface area contributed by atoms with Crippen molar-refractivity contribution in [1.29, 1.82) is 0 Å². The first kappa shape index (κ1) is 14.0. The quantitative estimate of drug-likeness (QED) is 0.691. The molecule has 2 heterocycles. The normalized spacial score (nSPS) is 10.7. The average molecular weight is 294 g/mol. The lowest BCUT2D eigenvalue weighted by molar-refractivity contribution is 0.0702. The number of carboxylic acids is 1. The third-order valence-corrected chi connectivity index (χ3v) is 4.53. The molecule has 6 heteroatoms. The van der Waals surface area contributed by atoms with Crippen LogP contribution in [0.3, 0.4) is 0 Å². The maximum Gasteiger partial charge on any atom is 0.345 e. The standard InChI is InChI=1S/C13H14N2O2S2/c1-7-4-8(2)15-13(14-7)18-6-10-5-11(12(16)17)19-9(10)3/h4-5H,6H2,1-3H3,(H,16,17). The number of aromatic nitrogens is 2. The van der Waals surface area contributed by atoms with Gasteiger partial charge in [-0.1, -0.05) is 11.8 Å². The zero-order valence-corrected chi connectivity index (χ0v) is 12.6. The molecule has 100 valence electrons. The molecule has 0 unspecified atom stereocenters. The molecule has 0 fully saturated rings. The van der Waals surface area contributed by atoms with Gasteiger partial charge in [0.25, 0.3) is 0 Å². The molecule has 0 radical (unpaired) electrons. The van der Waals surface area contributed by atoms with Gasteiger partial charge in [-0.3, -0.25) is 0 Å². The fourth-order valence-electron chi connectivity index (χ4n) is 1.67. The molecule has 0 aliphatic carbocycles. The van der Waals surface area contributed by atoms with E-state index in [1.54, 1.807) is 6.07 Å². The van der Waals surface area contributed by atoms with E-state index in [1.807, 2.05) is 26.8 Å². The minimum Gasteiger partial charge on any atom is -0.477 e. The molecule has 0 saturated carbocycles. The molecular formula is C13H14N2O2S2. The lowest BCUT2D eigenvalue weighted by Gasteiger charge is -2.02. The summed E-state index contributed by atoms with van der Waals surface area (Å²) in [5.41, 5.74) is 2.93. The molecule has 4 nitrogen and oxygen atoms in total. The van der Waals surface area contributed by atoms with Gasteiger partial charge in [0.05, 0.1) is 0 Å². The van der Waals surface area contributed by atoms with Gasteiger partial charge in [-0.25, -0.2) is 14.8 Å². The van der Waals surface area contributed by atoms with E-state index in [4.69, 9.17) is 5.11 Å². The minimum absolute atomic E-state index is 0.384. The molecule has 2 aromatic heterocycles. The lowest BCUT2D eigenvalue weighted by Crippen LogP contribution is -1.93. The van der Waals surface area contributed by atoms with Gasteiger partial charge in [0.15, 0.2) is 5.16 Å². The van der Waals surface area contributed by atoms with Crippen LogP contribution in [-0.4, -0.2) is 21.0 Å². The molecule has 0 saturated heterocycles. The van der Waals surface area contributed by atoms with E-state index < -0.39 is 5.97 Å². The molecule has 0 amide bonds. The van der Waals surface area contributed by atoms with Crippen molar-refractivity contribution in [2.24, 2.45) is 0 Å². The van der Waals surface area contributed by atoms with Crippen molar-refractivity contribution in [2.45, 2.75) is 31.7 Å². The Morgan fingerprint density at radius 3 is 2.42 bits per heavy atom. The van der Waals surface area contributed by atoms with Crippen molar-refractivity contribution in [3.63, 3.8) is 0 Å². The van der Waals surface area contributed by atoms with Crippen LogP contribution in [0, 0.1) is 20.8 Å². The van der Waals surface area contributed by atoms with Gasteiger partial charge in [0, 0.05) is 22.0 Å². The van der Waals surface area contributed by atoms with Crippen LogP contribution < -0.4 is 0 Å². The van der Waals surface area contributed by atoms with Crippen molar-refractivity contribution in [3.05, 3.63) is 38.8 Å². The van der Waals surface area contributed by atoms with Gasteiger partial charge in [-0.2, -0.15) is 0 Å². The number of rotatable bonds is 4. The number of aromatic carboxylic acids is 1. The summed E-state index contributed by atoms with van der Waals surface area (Å²) in [6, 6.07) is 3.67. The Balaban J connectivity index is 2.12. The van der Waals surface area contributed by atoms with Crippen molar-refractivity contribution in [2.75, 3.05) is 0 Å². The van der Waals surface area contributed by atoms with E-state index in [1.165, 1.54) is 23.1 Å². The molecule has 0 aromatic carbocycles. The number of thiophene rings is 1. The minimum atomic E-state index is -0.869. The Hall–Kier alpha value is -1.40. The Labute approximate surface area is 119 Å². The number of aryl methyl sites for hydroxylation is 3. The highest BCUT2D eigenvalue weighted by Gasteiger charge is 2.11. The Morgan fingerprint density at radius 1 is 1.26 bits per heavy atom. The zero-order chi connectivity index (χ0) is 14.0. The van der Waals surface area contributed by atoms with E-state index in [-0.39, 0.29) is 0 Å². The van der Waals surface area contributed by atoms with Crippen molar-refractivity contribution >= 4 is 29.1 Å². The molecule has 0 aliphatic heterocycles. The number of hydrogen-bond donors (Lipinski definition) is 1. The smallest absolute Gasteiger partial charge is 0.345 e. The Morgan fingerprint density at radius 2 is 1.89 bits per heavy atom. The van der Waals surface area contributed by atoms with Crippen LogP contribution in [0.5, 0.6) is 0 Å². The highest BCUT2D eigenvalue weighted by atomic mass is 32.2. The summed E-state index contributed by atoms with van der Waals surface area (Å²) in [4.78, 5) is 21.0. The largest absolute Gasteiger partial charge is 0.477 e. The predicted molar refractivity (Wildman–Crippen MR) is 77.1 cm³/mol. The van der Waals surface area contributed by atoms with Crippen molar-refractivity contribution in [1.82, 2.24) is 9.97 Å². The fourth-order valence-corrected chi connectivity index (χ4v) is 3.64. The predicted octanol–water partition coefficient (Wildman–Crippen LogP) is 3.45. The summed E-state index contributed by atoms with van der Waals surface area (Å²) < 4.78 is 0. The molecule has 0 aliphatic rings. The number of nitrogens with zero attached hydrogens (tertiary/aromatic N) is 2.